The van der Waals surface area contributed by atoms with Crippen LogP contribution in [-0.4, -0.2) is 46.9 Å². The Morgan fingerprint density at radius 3 is 2.20 bits per heavy atom. The molecule has 3 atom stereocenters. The molecule has 0 radical (unpaired) electrons. The summed E-state index contributed by atoms with van der Waals surface area (Å²) in [6.45, 7) is 3.81. The van der Waals surface area contributed by atoms with Crippen molar-refractivity contribution in [2.45, 2.75) is 38.5 Å². The Bertz CT molecular complexity index is 856. The van der Waals surface area contributed by atoms with Crippen LogP contribution in [0.4, 0.5) is 0 Å². The third-order valence-corrected chi connectivity index (χ3v) is 5.99. The standard InChI is InChI=1S/C25H28N2O3/c1-19(28)30-18-22-13-8-14-27-23(22)15-24(25(27)29)26(16-20-9-4-2-5-10-20)17-21-11-6-3-7-12-21/h2-13,22-24H,14-18H2,1H3/t22-,23+,24-/m0/s1. The highest BCUT2D eigenvalue weighted by molar-refractivity contribution is 5.85. The summed E-state index contributed by atoms with van der Waals surface area (Å²) in [7, 11) is 0. The van der Waals surface area contributed by atoms with Crippen LogP contribution in [0.15, 0.2) is 72.8 Å². The van der Waals surface area contributed by atoms with Gasteiger partial charge in [-0.3, -0.25) is 14.5 Å². The van der Waals surface area contributed by atoms with Crippen LogP contribution in [0.2, 0.25) is 0 Å². The SMILES string of the molecule is CC(=O)OC[C@@H]1C=CCN2C(=O)[C@@H](N(Cc3ccccc3)Cc3ccccc3)C[C@H]12. The van der Waals surface area contributed by atoms with Crippen molar-refractivity contribution in [1.82, 2.24) is 9.80 Å². The molecule has 0 saturated carbocycles. The Morgan fingerprint density at radius 2 is 1.63 bits per heavy atom. The number of amides is 1. The Labute approximate surface area is 177 Å². The maximum atomic E-state index is 13.4. The van der Waals surface area contributed by atoms with Crippen LogP contribution < -0.4 is 0 Å². The van der Waals surface area contributed by atoms with Gasteiger partial charge in [-0.2, -0.15) is 0 Å². The van der Waals surface area contributed by atoms with Crippen molar-refractivity contribution in [2.75, 3.05) is 13.2 Å². The molecule has 1 saturated heterocycles. The second kappa shape index (κ2) is 9.26. The number of ether oxygens (including phenoxy) is 1. The fraction of sp³-hybridized carbons (Fsp3) is 0.360. The highest BCUT2D eigenvalue weighted by Gasteiger charge is 2.46. The summed E-state index contributed by atoms with van der Waals surface area (Å²) in [5, 5.41) is 0. The second-order valence-corrected chi connectivity index (χ2v) is 8.08. The summed E-state index contributed by atoms with van der Waals surface area (Å²) < 4.78 is 5.27. The van der Waals surface area contributed by atoms with E-state index in [9.17, 15) is 9.59 Å². The predicted molar refractivity (Wildman–Crippen MR) is 115 cm³/mol. The van der Waals surface area contributed by atoms with E-state index in [1.165, 1.54) is 18.1 Å². The monoisotopic (exact) mass is 404 g/mol. The third kappa shape index (κ3) is 4.62. The molecule has 1 fully saturated rings. The van der Waals surface area contributed by atoms with E-state index in [0.717, 1.165) is 19.5 Å². The molecule has 0 unspecified atom stereocenters. The average Bonchev–Trinajstić information content (AvgIpc) is 3.10. The van der Waals surface area contributed by atoms with Gasteiger partial charge >= 0.3 is 5.97 Å². The molecule has 1 amide bonds. The highest BCUT2D eigenvalue weighted by Crippen LogP contribution is 2.33. The van der Waals surface area contributed by atoms with Crippen molar-refractivity contribution >= 4 is 11.9 Å². The molecular weight excluding hydrogens is 376 g/mol. The minimum atomic E-state index is -0.281. The van der Waals surface area contributed by atoms with E-state index < -0.39 is 0 Å². The zero-order valence-corrected chi connectivity index (χ0v) is 17.3. The first-order valence-electron chi connectivity index (χ1n) is 10.5. The number of fused-ring (bicyclic) bond motifs is 1. The van der Waals surface area contributed by atoms with Crippen molar-refractivity contribution in [1.29, 1.82) is 0 Å². The molecule has 0 N–H and O–H groups in total. The summed E-state index contributed by atoms with van der Waals surface area (Å²) in [5.41, 5.74) is 2.39. The molecule has 156 valence electrons. The number of nitrogens with zero attached hydrogens (tertiary/aromatic N) is 2. The molecule has 2 heterocycles. The Hall–Kier alpha value is -2.92. The molecular formula is C25H28N2O3. The van der Waals surface area contributed by atoms with Crippen molar-refractivity contribution < 1.29 is 14.3 Å². The number of hydrogen-bond donors (Lipinski definition) is 0. The number of esters is 1. The topological polar surface area (TPSA) is 49.9 Å². The summed E-state index contributed by atoms with van der Waals surface area (Å²) in [6, 6.07) is 20.5. The third-order valence-electron chi connectivity index (χ3n) is 5.99. The van der Waals surface area contributed by atoms with Gasteiger partial charge in [0.25, 0.3) is 0 Å². The van der Waals surface area contributed by atoms with Crippen LogP contribution in [0.25, 0.3) is 0 Å². The number of carbonyl (C=O) groups is 2. The molecule has 5 nitrogen and oxygen atoms in total. The number of rotatable bonds is 7. The molecule has 2 aromatic carbocycles. The zero-order valence-electron chi connectivity index (χ0n) is 17.3. The van der Waals surface area contributed by atoms with E-state index in [1.807, 2.05) is 47.4 Å². The average molecular weight is 405 g/mol. The first-order valence-corrected chi connectivity index (χ1v) is 10.5. The van der Waals surface area contributed by atoms with Gasteiger partial charge in [-0.1, -0.05) is 72.8 Å². The maximum Gasteiger partial charge on any atom is 0.302 e. The predicted octanol–water partition coefficient (Wildman–Crippen LogP) is 3.41. The van der Waals surface area contributed by atoms with Crippen LogP contribution in [0.3, 0.4) is 0 Å². The minimum Gasteiger partial charge on any atom is -0.465 e. The van der Waals surface area contributed by atoms with E-state index in [0.29, 0.717) is 13.2 Å². The fourth-order valence-electron chi connectivity index (χ4n) is 4.52. The van der Waals surface area contributed by atoms with Gasteiger partial charge in [0.05, 0.1) is 12.6 Å². The van der Waals surface area contributed by atoms with E-state index in [1.54, 1.807) is 0 Å². The van der Waals surface area contributed by atoms with Gasteiger partial charge in [-0.25, -0.2) is 0 Å². The lowest BCUT2D eigenvalue weighted by Crippen LogP contribution is -2.44. The van der Waals surface area contributed by atoms with Crippen LogP contribution in [0.1, 0.15) is 24.5 Å². The molecule has 2 aliphatic rings. The molecule has 2 aliphatic heterocycles. The van der Waals surface area contributed by atoms with Gasteiger partial charge in [-0.15, -0.1) is 0 Å². The number of benzene rings is 2. The Kier molecular flexibility index (Phi) is 6.29. The largest absolute Gasteiger partial charge is 0.465 e. The summed E-state index contributed by atoms with van der Waals surface area (Å²) in [6.07, 6.45) is 4.86. The quantitative estimate of drug-likeness (QED) is 0.524. The fourth-order valence-corrected chi connectivity index (χ4v) is 4.52. The van der Waals surface area contributed by atoms with E-state index >= 15 is 0 Å². The van der Waals surface area contributed by atoms with E-state index in [2.05, 4.69) is 35.2 Å². The minimum absolute atomic E-state index is 0.0481. The smallest absolute Gasteiger partial charge is 0.302 e. The van der Waals surface area contributed by atoms with Gasteiger partial charge in [0, 0.05) is 38.5 Å². The van der Waals surface area contributed by atoms with Crippen LogP contribution in [0.5, 0.6) is 0 Å². The molecule has 5 heteroatoms. The summed E-state index contributed by atoms with van der Waals surface area (Å²) >= 11 is 0. The van der Waals surface area contributed by atoms with Crippen molar-refractivity contribution in [3.05, 3.63) is 83.9 Å². The Morgan fingerprint density at radius 1 is 1.03 bits per heavy atom. The molecule has 0 aliphatic carbocycles. The normalized spacial score (nSPS) is 22.9. The number of hydrogen-bond acceptors (Lipinski definition) is 4. The summed E-state index contributed by atoms with van der Waals surface area (Å²) in [4.78, 5) is 28.9. The van der Waals surface area contributed by atoms with Crippen molar-refractivity contribution in [3.8, 4) is 0 Å². The molecule has 30 heavy (non-hydrogen) atoms. The first-order chi connectivity index (χ1) is 14.6. The maximum absolute atomic E-state index is 13.4. The first kappa shape index (κ1) is 20.4. The van der Waals surface area contributed by atoms with Gasteiger partial charge in [-0.05, 0) is 17.5 Å². The van der Waals surface area contributed by atoms with Crippen LogP contribution in [0, 0.1) is 5.92 Å². The molecule has 4 rings (SSSR count). The lowest BCUT2D eigenvalue weighted by atomic mass is 9.94. The van der Waals surface area contributed by atoms with E-state index in [-0.39, 0.29) is 29.9 Å². The van der Waals surface area contributed by atoms with Crippen molar-refractivity contribution in [3.63, 3.8) is 0 Å². The van der Waals surface area contributed by atoms with Crippen LogP contribution in [-0.2, 0) is 27.4 Å². The molecule has 0 aromatic heterocycles. The second-order valence-electron chi connectivity index (χ2n) is 8.08. The number of carbonyl (C=O) groups excluding carboxylic acids is 2. The lowest BCUT2D eigenvalue weighted by Gasteiger charge is -2.32. The summed E-state index contributed by atoms with van der Waals surface area (Å²) in [5.74, 6) is -0.0629. The molecule has 0 spiro atoms. The molecule has 0 bridgehead atoms. The van der Waals surface area contributed by atoms with Gasteiger partial charge in [0.2, 0.25) is 5.91 Å². The lowest BCUT2D eigenvalue weighted by molar-refractivity contribution is -0.142. The van der Waals surface area contributed by atoms with Gasteiger partial charge in [0.15, 0.2) is 0 Å². The van der Waals surface area contributed by atoms with Gasteiger partial charge in [0.1, 0.15) is 0 Å². The Balaban J connectivity index is 1.55. The van der Waals surface area contributed by atoms with Crippen LogP contribution >= 0.6 is 0 Å². The molecule has 2 aromatic rings. The van der Waals surface area contributed by atoms with E-state index in [4.69, 9.17) is 4.74 Å². The van der Waals surface area contributed by atoms with Crippen molar-refractivity contribution in [2.24, 2.45) is 5.92 Å². The van der Waals surface area contributed by atoms with Gasteiger partial charge < -0.3 is 9.64 Å². The zero-order chi connectivity index (χ0) is 20.9. The highest BCUT2D eigenvalue weighted by atomic mass is 16.5.